The van der Waals surface area contributed by atoms with Gasteiger partial charge in [-0.15, -0.1) is 0 Å². The quantitative estimate of drug-likeness (QED) is 0.0501. The molecule has 0 radical (unpaired) electrons. The summed E-state index contributed by atoms with van der Waals surface area (Å²) in [5, 5.41) is 39.5. The normalized spacial score (nSPS) is 13.1. The number of carboxylic acids is 2. The molecule has 0 heterocycles. The van der Waals surface area contributed by atoms with Crippen LogP contribution < -0.4 is 10.2 Å². The number of carbonyl (C=O) groups excluding carboxylic acids is 2. The number of hydrogen-bond acceptors (Lipinski definition) is 8. The van der Waals surface area contributed by atoms with Gasteiger partial charge in [-0.05, 0) is 89.2 Å². The molecule has 2 rings (SSSR count). The van der Waals surface area contributed by atoms with Crippen LogP contribution in [0.1, 0.15) is 205 Å². The fourth-order valence-electron chi connectivity index (χ4n) is 7.23. The Kier molecular flexibility index (Phi) is 41.2. The van der Waals surface area contributed by atoms with Gasteiger partial charge in [-0.2, -0.15) is 0 Å². The van der Waals surface area contributed by atoms with Crippen molar-refractivity contribution < 1.29 is 39.5 Å². The minimum Gasteiger partial charge on any atom is -0.550 e. The number of aliphatic hydroxyl groups is 2. The molecule has 2 aromatic rings. The summed E-state index contributed by atoms with van der Waals surface area (Å²) in [7, 11) is 0. The smallest absolute Gasteiger partial charge is 0.550 e. The molecule has 0 aliphatic heterocycles. The van der Waals surface area contributed by atoms with Gasteiger partial charge >= 0.3 is 48.9 Å². The number of benzene rings is 2. The Balaban J connectivity index is 0.00000112. The molecule has 0 saturated carbocycles. The van der Waals surface area contributed by atoms with E-state index in [1.165, 1.54) is 75.3 Å². The molecule has 2 N–H and O–H groups in total. The van der Waals surface area contributed by atoms with E-state index < -0.39 is 11.9 Å². The summed E-state index contributed by atoms with van der Waals surface area (Å²) in [6.45, 7) is 5.04. The summed E-state index contributed by atoms with van der Waals surface area (Å²) in [4.78, 5) is 21.0. The molecule has 332 valence electrons. The average molecular weight is 949 g/mol. The molecule has 0 fully saturated rings. The second-order valence-corrected chi connectivity index (χ2v) is 16.6. The molecular weight excluding hydrogens is 866 g/mol. The summed E-state index contributed by atoms with van der Waals surface area (Å²) in [6, 6.07) is 20.6. The van der Waals surface area contributed by atoms with Crippen molar-refractivity contribution in [2.24, 2.45) is 0 Å². The van der Waals surface area contributed by atoms with Crippen LogP contribution in [0, 0.1) is 0 Å². The molecule has 4 atom stereocenters. The van der Waals surface area contributed by atoms with Gasteiger partial charge in [0.05, 0.1) is 37.6 Å². The molecule has 0 aliphatic carbocycles. The number of hydrogen-bond donors (Lipinski definition) is 2. The van der Waals surface area contributed by atoms with Crippen molar-refractivity contribution in [3.8, 4) is 0 Å². The minimum absolute atomic E-state index is 0. The SMILES string of the molecule is CC(O)CCCCCCCCC(CCCCCCC(=O)[O-])OCc1ccccc1.CC(O)CCCCCCCCC(CCCCCCC(=O)[O-])OCc1ccccc1.[Ba+2]. The third-order valence-corrected chi connectivity index (χ3v) is 10.8. The van der Waals surface area contributed by atoms with Gasteiger partial charge in [0, 0.05) is 11.9 Å². The van der Waals surface area contributed by atoms with E-state index in [2.05, 4.69) is 24.3 Å². The number of carboxylic acid groups (broad SMARTS) is 2. The maximum atomic E-state index is 10.5. The van der Waals surface area contributed by atoms with Gasteiger partial charge in [-0.25, -0.2) is 0 Å². The van der Waals surface area contributed by atoms with Crippen LogP contribution in [0.25, 0.3) is 0 Å². The number of ether oxygens (including phenoxy) is 2. The number of rotatable bonds is 38. The number of carbonyl (C=O) groups is 2. The molecule has 0 amide bonds. The van der Waals surface area contributed by atoms with Crippen molar-refractivity contribution in [2.75, 3.05) is 0 Å². The van der Waals surface area contributed by atoms with Gasteiger partial charge in [-0.3, -0.25) is 0 Å². The van der Waals surface area contributed by atoms with E-state index in [1.54, 1.807) is 0 Å². The molecule has 0 aromatic heterocycles. The maximum absolute atomic E-state index is 10.5. The van der Waals surface area contributed by atoms with Crippen molar-refractivity contribution in [1.29, 1.82) is 0 Å². The molecule has 0 spiro atoms. The Morgan fingerprint density at radius 2 is 0.695 bits per heavy atom. The molecule has 2 aromatic carbocycles. The second-order valence-electron chi connectivity index (χ2n) is 16.6. The molecule has 9 heteroatoms. The fourth-order valence-corrected chi connectivity index (χ4v) is 7.23. The predicted octanol–water partition coefficient (Wildman–Crippen LogP) is 9.95. The average Bonchev–Trinajstić information content (AvgIpc) is 3.20. The van der Waals surface area contributed by atoms with E-state index in [0.717, 1.165) is 89.9 Å². The standard InChI is InChI=1S/2C25H42O4.Ba/c2*1-22(26)15-9-4-2-3-5-12-18-24(19-13-6-7-14-20-25(27)28)29-21-23-16-10-8-11-17-23;/h2*8,10-11,16-17,22,24,26H,2-7,9,12-15,18-21H2,1H3,(H,27,28);/q;;+2/p-2. The van der Waals surface area contributed by atoms with Gasteiger partial charge in [0.25, 0.3) is 0 Å². The Bertz CT molecular complexity index is 1100. The molecule has 0 aliphatic rings. The number of aliphatic carboxylic acids is 2. The Morgan fingerprint density at radius 1 is 0.441 bits per heavy atom. The van der Waals surface area contributed by atoms with Gasteiger partial charge < -0.3 is 39.5 Å². The molecule has 4 unspecified atom stereocenters. The first-order valence-corrected chi connectivity index (χ1v) is 23.2. The van der Waals surface area contributed by atoms with Gasteiger partial charge in [0.15, 0.2) is 0 Å². The van der Waals surface area contributed by atoms with E-state index in [-0.39, 0.29) is 86.1 Å². The topological polar surface area (TPSA) is 139 Å². The van der Waals surface area contributed by atoms with Crippen LogP contribution in [0.4, 0.5) is 0 Å². The Morgan fingerprint density at radius 3 is 0.966 bits per heavy atom. The van der Waals surface area contributed by atoms with Crippen LogP contribution >= 0.6 is 0 Å². The van der Waals surface area contributed by atoms with Crippen molar-refractivity contribution >= 4 is 60.8 Å². The Hall–Kier alpha value is -1.21. The van der Waals surface area contributed by atoms with Crippen LogP contribution in [-0.4, -0.2) is 95.4 Å². The van der Waals surface area contributed by atoms with Crippen molar-refractivity contribution in [3.63, 3.8) is 0 Å². The van der Waals surface area contributed by atoms with E-state index in [9.17, 15) is 30.0 Å². The van der Waals surface area contributed by atoms with Gasteiger partial charge in [0.1, 0.15) is 0 Å². The van der Waals surface area contributed by atoms with E-state index in [0.29, 0.717) is 26.1 Å². The summed E-state index contributed by atoms with van der Waals surface area (Å²) in [6.07, 6.45) is 28.9. The zero-order valence-electron chi connectivity index (χ0n) is 37.3. The van der Waals surface area contributed by atoms with Crippen LogP contribution in [0.15, 0.2) is 60.7 Å². The molecule has 59 heavy (non-hydrogen) atoms. The third-order valence-electron chi connectivity index (χ3n) is 10.8. The molecule has 8 nitrogen and oxygen atoms in total. The number of aliphatic hydroxyl groups excluding tert-OH is 2. The van der Waals surface area contributed by atoms with Crippen molar-refractivity contribution in [2.45, 2.75) is 231 Å². The third kappa shape index (κ3) is 40.6. The summed E-state index contributed by atoms with van der Waals surface area (Å²) in [5.74, 6) is -1.89. The van der Waals surface area contributed by atoms with E-state index in [4.69, 9.17) is 9.47 Å². The predicted molar refractivity (Wildman–Crippen MR) is 238 cm³/mol. The van der Waals surface area contributed by atoms with Gasteiger partial charge in [0.2, 0.25) is 0 Å². The maximum Gasteiger partial charge on any atom is 2.00 e. The number of unbranched alkanes of at least 4 members (excludes halogenated alkanes) is 16. The first kappa shape index (κ1) is 57.8. The van der Waals surface area contributed by atoms with Crippen molar-refractivity contribution in [1.82, 2.24) is 0 Å². The second kappa shape index (κ2) is 42.1. The first-order chi connectivity index (χ1) is 28.2. The van der Waals surface area contributed by atoms with E-state index >= 15 is 0 Å². The van der Waals surface area contributed by atoms with Crippen LogP contribution in [-0.2, 0) is 32.3 Å². The van der Waals surface area contributed by atoms with E-state index in [1.807, 2.05) is 50.2 Å². The Labute approximate surface area is 400 Å². The zero-order valence-corrected chi connectivity index (χ0v) is 41.8. The summed E-state index contributed by atoms with van der Waals surface area (Å²) >= 11 is 0. The molecule has 0 saturated heterocycles. The summed E-state index contributed by atoms with van der Waals surface area (Å²) in [5.41, 5.74) is 2.43. The van der Waals surface area contributed by atoms with Gasteiger partial charge in [-0.1, -0.05) is 176 Å². The van der Waals surface area contributed by atoms with Crippen LogP contribution in [0.2, 0.25) is 0 Å². The fraction of sp³-hybridized carbons (Fsp3) is 0.720. The molecular formula is C50H82BaO8. The largest absolute Gasteiger partial charge is 2.00 e. The zero-order chi connectivity index (χ0) is 42.3. The van der Waals surface area contributed by atoms with Crippen LogP contribution in [0.5, 0.6) is 0 Å². The summed E-state index contributed by atoms with van der Waals surface area (Å²) < 4.78 is 12.4. The minimum atomic E-state index is -0.944. The van der Waals surface area contributed by atoms with Crippen LogP contribution in [0.3, 0.4) is 0 Å². The molecule has 0 bridgehead atoms. The first-order valence-electron chi connectivity index (χ1n) is 23.2. The monoisotopic (exact) mass is 949 g/mol. The van der Waals surface area contributed by atoms with Crippen molar-refractivity contribution in [3.05, 3.63) is 71.8 Å².